The van der Waals surface area contributed by atoms with E-state index in [4.69, 9.17) is 0 Å². The van der Waals surface area contributed by atoms with E-state index < -0.39 is 0 Å². The fraction of sp³-hybridized carbons (Fsp3) is 0.231. The van der Waals surface area contributed by atoms with Gasteiger partial charge in [-0.1, -0.05) is 35.9 Å². The van der Waals surface area contributed by atoms with Crippen LogP contribution in [0.4, 0.5) is 0 Å². The summed E-state index contributed by atoms with van der Waals surface area (Å²) in [4.78, 5) is 0. The lowest BCUT2D eigenvalue weighted by molar-refractivity contribution is 0.802. The van der Waals surface area contributed by atoms with Gasteiger partial charge in [-0.05, 0) is 36.4 Å². The van der Waals surface area contributed by atoms with E-state index >= 15 is 0 Å². The summed E-state index contributed by atoms with van der Waals surface area (Å²) in [6.45, 7) is 2.11. The summed E-state index contributed by atoms with van der Waals surface area (Å²) in [7, 11) is 1.91. The van der Waals surface area contributed by atoms with Crippen molar-refractivity contribution in [2.24, 2.45) is 0 Å². The number of rotatable bonds is 2. The van der Waals surface area contributed by atoms with Crippen molar-refractivity contribution in [1.29, 1.82) is 0 Å². The second-order valence-electron chi connectivity index (χ2n) is 3.80. The van der Waals surface area contributed by atoms with Crippen LogP contribution < -0.4 is 5.32 Å². The number of aryl methyl sites for hydroxylation is 1. The molecule has 0 aromatic heterocycles. The van der Waals surface area contributed by atoms with Gasteiger partial charge < -0.3 is 5.32 Å². The molecule has 1 nitrogen and oxygen atoms in total. The molecule has 0 radical (unpaired) electrons. The van der Waals surface area contributed by atoms with Gasteiger partial charge in [0.05, 0.1) is 5.37 Å². The molecule has 2 heteroatoms. The van der Waals surface area contributed by atoms with Crippen LogP contribution >= 0.6 is 12.6 Å². The SMILES string of the molecule is CNC(S)c1ccc2cc(C)ccc2c1. The van der Waals surface area contributed by atoms with Crippen LogP contribution in [0.2, 0.25) is 0 Å². The lowest BCUT2D eigenvalue weighted by Gasteiger charge is -2.10. The molecular weight excluding hydrogens is 202 g/mol. The van der Waals surface area contributed by atoms with Gasteiger partial charge in [0.1, 0.15) is 0 Å². The van der Waals surface area contributed by atoms with Crippen molar-refractivity contribution in [3.63, 3.8) is 0 Å². The van der Waals surface area contributed by atoms with E-state index in [1.54, 1.807) is 0 Å². The summed E-state index contributed by atoms with van der Waals surface area (Å²) >= 11 is 4.45. The van der Waals surface area contributed by atoms with E-state index in [9.17, 15) is 0 Å². The van der Waals surface area contributed by atoms with E-state index in [0.717, 1.165) is 0 Å². The van der Waals surface area contributed by atoms with Crippen LogP contribution in [0.1, 0.15) is 16.5 Å². The molecular formula is C13H15NS. The number of thiol groups is 1. The number of fused-ring (bicyclic) bond motifs is 1. The van der Waals surface area contributed by atoms with Crippen molar-refractivity contribution < 1.29 is 0 Å². The number of benzene rings is 2. The van der Waals surface area contributed by atoms with E-state index in [1.165, 1.54) is 21.9 Å². The van der Waals surface area contributed by atoms with Gasteiger partial charge in [0, 0.05) is 0 Å². The van der Waals surface area contributed by atoms with Crippen LogP contribution in [0.15, 0.2) is 36.4 Å². The first-order valence-corrected chi connectivity index (χ1v) is 5.58. The van der Waals surface area contributed by atoms with Gasteiger partial charge in [-0.25, -0.2) is 0 Å². The molecule has 15 heavy (non-hydrogen) atoms. The zero-order valence-electron chi connectivity index (χ0n) is 8.99. The summed E-state index contributed by atoms with van der Waals surface area (Å²) in [6, 6.07) is 13.0. The molecule has 0 aliphatic rings. The van der Waals surface area contributed by atoms with Gasteiger partial charge in [-0.3, -0.25) is 0 Å². The summed E-state index contributed by atoms with van der Waals surface area (Å²) < 4.78 is 0. The smallest absolute Gasteiger partial charge is 0.0757 e. The van der Waals surface area contributed by atoms with Crippen LogP contribution in [-0.4, -0.2) is 7.05 Å². The molecule has 0 saturated heterocycles. The molecule has 2 aromatic rings. The Hall–Kier alpha value is -0.990. The Labute approximate surface area is 95.9 Å². The Bertz CT molecular complexity index is 479. The molecule has 1 atom stereocenters. The standard InChI is InChI=1S/C13H15NS/c1-9-3-4-11-8-12(13(15)14-2)6-5-10(11)7-9/h3-8,13-15H,1-2H3. The van der Waals surface area contributed by atoms with Crippen molar-refractivity contribution >= 4 is 23.4 Å². The predicted octanol–water partition coefficient (Wildman–Crippen LogP) is 3.30. The average molecular weight is 217 g/mol. The Morgan fingerprint density at radius 2 is 1.73 bits per heavy atom. The average Bonchev–Trinajstić information content (AvgIpc) is 2.27. The minimum atomic E-state index is 0.107. The summed E-state index contributed by atoms with van der Waals surface area (Å²) in [6.07, 6.45) is 0. The molecule has 0 spiro atoms. The monoisotopic (exact) mass is 217 g/mol. The first-order valence-electron chi connectivity index (χ1n) is 5.06. The maximum absolute atomic E-state index is 4.45. The Morgan fingerprint density at radius 3 is 2.47 bits per heavy atom. The predicted molar refractivity (Wildman–Crippen MR) is 69.5 cm³/mol. The highest BCUT2D eigenvalue weighted by atomic mass is 32.1. The molecule has 0 fully saturated rings. The van der Waals surface area contributed by atoms with E-state index in [-0.39, 0.29) is 5.37 Å². The highest BCUT2D eigenvalue weighted by Crippen LogP contribution is 2.22. The third-order valence-corrected chi connectivity index (χ3v) is 3.17. The van der Waals surface area contributed by atoms with Crippen molar-refractivity contribution in [1.82, 2.24) is 5.32 Å². The number of hydrogen-bond donors (Lipinski definition) is 2. The minimum Gasteiger partial charge on any atom is -0.305 e. The normalized spacial score (nSPS) is 13.0. The molecule has 0 amide bonds. The number of hydrogen-bond acceptors (Lipinski definition) is 2. The molecule has 0 saturated carbocycles. The summed E-state index contributed by atoms with van der Waals surface area (Å²) in [5.41, 5.74) is 2.50. The van der Waals surface area contributed by atoms with E-state index in [1.807, 2.05) is 7.05 Å². The van der Waals surface area contributed by atoms with E-state index in [0.29, 0.717) is 0 Å². The van der Waals surface area contributed by atoms with Crippen molar-refractivity contribution in [2.75, 3.05) is 7.05 Å². The van der Waals surface area contributed by atoms with Crippen molar-refractivity contribution in [3.8, 4) is 0 Å². The first kappa shape index (κ1) is 10.5. The Kier molecular flexibility index (Phi) is 2.98. The molecule has 0 aliphatic carbocycles. The molecule has 0 bridgehead atoms. The largest absolute Gasteiger partial charge is 0.305 e. The molecule has 2 rings (SSSR count). The van der Waals surface area contributed by atoms with Crippen LogP contribution in [0.3, 0.4) is 0 Å². The minimum absolute atomic E-state index is 0.107. The molecule has 0 heterocycles. The maximum Gasteiger partial charge on any atom is 0.0757 e. The molecule has 0 aliphatic heterocycles. The summed E-state index contributed by atoms with van der Waals surface area (Å²) in [5, 5.41) is 5.79. The first-order chi connectivity index (χ1) is 7.20. The van der Waals surface area contributed by atoms with Crippen molar-refractivity contribution in [2.45, 2.75) is 12.3 Å². The van der Waals surface area contributed by atoms with E-state index in [2.05, 4.69) is 61.3 Å². The van der Waals surface area contributed by atoms with Crippen LogP contribution in [0.25, 0.3) is 10.8 Å². The third-order valence-electron chi connectivity index (χ3n) is 2.61. The van der Waals surface area contributed by atoms with Gasteiger partial charge in [-0.2, -0.15) is 12.6 Å². The van der Waals surface area contributed by atoms with Gasteiger partial charge in [-0.15, -0.1) is 0 Å². The quantitative estimate of drug-likeness (QED) is 0.581. The van der Waals surface area contributed by atoms with Gasteiger partial charge in [0.2, 0.25) is 0 Å². The molecule has 78 valence electrons. The molecule has 1 unspecified atom stereocenters. The lowest BCUT2D eigenvalue weighted by Crippen LogP contribution is -2.09. The molecule has 1 N–H and O–H groups in total. The fourth-order valence-electron chi connectivity index (χ4n) is 1.72. The third kappa shape index (κ3) is 2.16. The van der Waals surface area contributed by atoms with Crippen LogP contribution in [-0.2, 0) is 0 Å². The maximum atomic E-state index is 4.45. The lowest BCUT2D eigenvalue weighted by atomic mass is 10.0. The van der Waals surface area contributed by atoms with Crippen LogP contribution in [0, 0.1) is 6.92 Å². The van der Waals surface area contributed by atoms with Gasteiger partial charge >= 0.3 is 0 Å². The second-order valence-corrected chi connectivity index (χ2v) is 4.32. The fourth-order valence-corrected chi connectivity index (χ4v) is 1.88. The van der Waals surface area contributed by atoms with Gasteiger partial charge in [0.15, 0.2) is 0 Å². The Morgan fingerprint density at radius 1 is 1.07 bits per heavy atom. The molecule has 2 aromatic carbocycles. The summed E-state index contributed by atoms with van der Waals surface area (Å²) in [5.74, 6) is 0. The zero-order chi connectivity index (χ0) is 10.8. The van der Waals surface area contributed by atoms with Crippen molar-refractivity contribution in [3.05, 3.63) is 47.5 Å². The van der Waals surface area contributed by atoms with Crippen LogP contribution in [0.5, 0.6) is 0 Å². The van der Waals surface area contributed by atoms with Gasteiger partial charge in [0.25, 0.3) is 0 Å². The zero-order valence-corrected chi connectivity index (χ0v) is 9.88. The highest BCUT2D eigenvalue weighted by molar-refractivity contribution is 7.80. The highest BCUT2D eigenvalue weighted by Gasteiger charge is 2.03. The topological polar surface area (TPSA) is 12.0 Å². The number of nitrogens with one attached hydrogen (secondary N) is 1. The second kappa shape index (κ2) is 4.25. The Balaban J connectivity index is 2.52.